The molecule has 0 fully saturated rings. The Labute approximate surface area is 141 Å². The van der Waals surface area contributed by atoms with Gasteiger partial charge in [0.2, 0.25) is 0 Å². The minimum atomic E-state index is 0.119. The Morgan fingerprint density at radius 3 is 2.71 bits per heavy atom. The van der Waals surface area contributed by atoms with Crippen LogP contribution in [0.2, 0.25) is 0 Å². The Bertz CT molecular complexity index is 905. The first-order valence-electron chi connectivity index (χ1n) is 8.39. The molecule has 1 atom stereocenters. The summed E-state index contributed by atoms with van der Waals surface area (Å²) in [5.41, 5.74) is 5.65. The maximum Gasteiger partial charge on any atom is 0.163 e. The van der Waals surface area contributed by atoms with E-state index in [-0.39, 0.29) is 11.7 Å². The lowest BCUT2D eigenvalue weighted by atomic mass is 9.89. The molecule has 0 amide bonds. The topological polar surface area (TPSA) is 31.2 Å². The highest BCUT2D eigenvalue weighted by atomic mass is 16.5. The zero-order valence-corrected chi connectivity index (χ0v) is 14.1. The quantitative estimate of drug-likeness (QED) is 0.671. The van der Waals surface area contributed by atoms with Gasteiger partial charge in [-0.1, -0.05) is 48.0 Å². The normalized spacial score (nSPS) is 17.0. The summed E-state index contributed by atoms with van der Waals surface area (Å²) >= 11 is 0. The van der Waals surface area contributed by atoms with E-state index in [2.05, 4.69) is 35.9 Å². The lowest BCUT2D eigenvalue weighted by Crippen LogP contribution is -2.20. The third kappa shape index (κ3) is 2.45. The molecule has 2 aromatic carbocycles. The second-order valence-corrected chi connectivity index (χ2v) is 6.64. The molecule has 0 bridgehead atoms. The van der Waals surface area contributed by atoms with Gasteiger partial charge in [0.15, 0.2) is 5.78 Å². The number of carbonyl (C=O) groups excluding carboxylic acids is 1. The van der Waals surface area contributed by atoms with Crippen molar-refractivity contribution in [3.63, 3.8) is 0 Å². The van der Waals surface area contributed by atoms with E-state index in [1.54, 1.807) is 0 Å². The van der Waals surface area contributed by atoms with Crippen LogP contribution < -0.4 is 0 Å². The van der Waals surface area contributed by atoms with Gasteiger partial charge in [-0.15, -0.1) is 0 Å². The smallest absolute Gasteiger partial charge is 0.163 e. The molecule has 122 valence electrons. The van der Waals surface area contributed by atoms with Gasteiger partial charge in [0.1, 0.15) is 0 Å². The van der Waals surface area contributed by atoms with Crippen molar-refractivity contribution in [2.24, 2.45) is 7.05 Å². The number of ketones is 1. The highest BCUT2D eigenvalue weighted by Gasteiger charge is 2.28. The molecule has 0 saturated carbocycles. The molecule has 4 rings (SSSR count). The summed E-state index contributed by atoms with van der Waals surface area (Å²) in [5, 5.41) is 1.25. The monoisotopic (exact) mass is 319 g/mol. The van der Waals surface area contributed by atoms with Crippen LogP contribution in [0, 0.1) is 6.92 Å². The number of nitrogens with zero attached hydrogens (tertiary/aromatic N) is 1. The molecule has 3 aromatic rings. The van der Waals surface area contributed by atoms with Crippen LogP contribution in [0.5, 0.6) is 0 Å². The molecule has 0 N–H and O–H groups in total. The van der Waals surface area contributed by atoms with Gasteiger partial charge in [0.05, 0.1) is 13.2 Å². The summed E-state index contributed by atoms with van der Waals surface area (Å²) in [6.07, 6.45) is 0.490. The molecule has 3 heteroatoms. The largest absolute Gasteiger partial charge is 0.375 e. The van der Waals surface area contributed by atoms with Gasteiger partial charge >= 0.3 is 0 Å². The first-order chi connectivity index (χ1) is 11.6. The summed E-state index contributed by atoms with van der Waals surface area (Å²) in [6.45, 7) is 3.26. The van der Waals surface area contributed by atoms with E-state index in [4.69, 9.17) is 4.74 Å². The summed E-state index contributed by atoms with van der Waals surface area (Å²) in [5.74, 6) is 0.304. The number of rotatable bonds is 3. The number of ether oxygens (including phenoxy) is 1. The Hall–Kier alpha value is -2.39. The van der Waals surface area contributed by atoms with Crippen molar-refractivity contribution in [1.29, 1.82) is 0 Å². The van der Waals surface area contributed by atoms with Gasteiger partial charge in [0, 0.05) is 41.5 Å². The second kappa shape index (κ2) is 5.91. The van der Waals surface area contributed by atoms with E-state index in [1.165, 1.54) is 27.7 Å². The number of hydrogen-bond donors (Lipinski definition) is 0. The maximum atomic E-state index is 12.7. The standard InChI is InChI=1S/C21H21NO2/c1-14-7-9-15(10-8-14)20(23)11-16-12-24-13-19-21(16)17-5-3-4-6-18(17)22(19)2/h3-10,16H,11-13H2,1-2H3. The number of aryl methyl sites for hydroxylation is 2. The minimum absolute atomic E-state index is 0.119. The van der Waals surface area contributed by atoms with Gasteiger partial charge in [-0.2, -0.15) is 0 Å². The van der Waals surface area contributed by atoms with Crippen LogP contribution >= 0.6 is 0 Å². The molecule has 0 spiro atoms. The molecule has 2 heterocycles. The second-order valence-electron chi connectivity index (χ2n) is 6.64. The Kier molecular flexibility index (Phi) is 3.73. The van der Waals surface area contributed by atoms with Crippen LogP contribution in [0.4, 0.5) is 0 Å². The van der Waals surface area contributed by atoms with Gasteiger partial charge in [0.25, 0.3) is 0 Å². The third-order valence-corrected chi connectivity index (χ3v) is 5.04. The lowest BCUT2D eigenvalue weighted by Gasteiger charge is -2.24. The van der Waals surface area contributed by atoms with Gasteiger partial charge < -0.3 is 9.30 Å². The molecular formula is C21H21NO2. The predicted molar refractivity (Wildman–Crippen MR) is 95.4 cm³/mol. The van der Waals surface area contributed by atoms with E-state index in [1.807, 2.05) is 31.2 Å². The molecular weight excluding hydrogens is 298 g/mol. The number of Topliss-reactive ketones (excluding diaryl/α,β-unsaturated/α-hetero) is 1. The number of hydrogen-bond acceptors (Lipinski definition) is 2. The van der Waals surface area contributed by atoms with Crippen molar-refractivity contribution in [3.8, 4) is 0 Å². The fraction of sp³-hybridized carbons (Fsp3) is 0.286. The molecule has 0 saturated heterocycles. The van der Waals surface area contributed by atoms with E-state index in [9.17, 15) is 4.79 Å². The fourth-order valence-electron chi connectivity index (χ4n) is 3.73. The maximum absolute atomic E-state index is 12.7. The van der Waals surface area contributed by atoms with Crippen LogP contribution in [0.3, 0.4) is 0 Å². The molecule has 1 aromatic heterocycles. The minimum Gasteiger partial charge on any atom is -0.375 e. The molecule has 3 nitrogen and oxygen atoms in total. The predicted octanol–water partition coefficient (Wildman–Crippen LogP) is 4.37. The average Bonchev–Trinajstić information content (AvgIpc) is 2.90. The number of aromatic nitrogens is 1. The highest BCUT2D eigenvalue weighted by Crippen LogP contribution is 2.37. The molecule has 1 unspecified atom stereocenters. The van der Waals surface area contributed by atoms with Gasteiger partial charge in [-0.05, 0) is 18.6 Å². The summed E-state index contributed by atoms with van der Waals surface area (Å²) in [4.78, 5) is 12.7. The van der Waals surface area contributed by atoms with Crippen molar-refractivity contribution in [2.45, 2.75) is 25.9 Å². The number of fused-ring (bicyclic) bond motifs is 3. The van der Waals surface area contributed by atoms with Crippen molar-refractivity contribution in [3.05, 3.63) is 70.9 Å². The van der Waals surface area contributed by atoms with Crippen LogP contribution in [0.15, 0.2) is 48.5 Å². The summed E-state index contributed by atoms with van der Waals surface area (Å²) in [7, 11) is 2.08. The molecule has 1 aliphatic rings. The van der Waals surface area contributed by atoms with E-state index < -0.39 is 0 Å². The Morgan fingerprint density at radius 2 is 1.92 bits per heavy atom. The number of para-hydroxylation sites is 1. The van der Waals surface area contributed by atoms with E-state index in [0.717, 1.165) is 5.56 Å². The first-order valence-corrected chi connectivity index (χ1v) is 8.39. The Balaban J connectivity index is 1.70. The lowest BCUT2D eigenvalue weighted by molar-refractivity contribution is 0.0764. The van der Waals surface area contributed by atoms with E-state index >= 15 is 0 Å². The summed E-state index contributed by atoms with van der Waals surface area (Å²) < 4.78 is 8.00. The van der Waals surface area contributed by atoms with E-state index in [0.29, 0.717) is 19.6 Å². The van der Waals surface area contributed by atoms with Crippen molar-refractivity contribution >= 4 is 16.7 Å². The Morgan fingerprint density at radius 1 is 1.17 bits per heavy atom. The zero-order chi connectivity index (χ0) is 16.7. The van der Waals surface area contributed by atoms with Crippen molar-refractivity contribution in [1.82, 2.24) is 4.57 Å². The molecule has 1 aliphatic heterocycles. The fourth-order valence-corrected chi connectivity index (χ4v) is 3.73. The van der Waals surface area contributed by atoms with Crippen molar-refractivity contribution in [2.75, 3.05) is 6.61 Å². The number of benzene rings is 2. The average molecular weight is 319 g/mol. The molecule has 24 heavy (non-hydrogen) atoms. The third-order valence-electron chi connectivity index (χ3n) is 5.04. The SMILES string of the molecule is Cc1ccc(C(=O)CC2COCc3c2c2ccccc2n3C)cc1. The van der Waals surface area contributed by atoms with Gasteiger partial charge in [-0.3, -0.25) is 4.79 Å². The number of carbonyl (C=O) groups is 1. The molecule has 0 aliphatic carbocycles. The van der Waals surface area contributed by atoms with Crippen molar-refractivity contribution < 1.29 is 9.53 Å². The summed E-state index contributed by atoms with van der Waals surface area (Å²) in [6, 6.07) is 16.2. The zero-order valence-electron chi connectivity index (χ0n) is 14.1. The molecule has 0 radical (unpaired) electrons. The highest BCUT2D eigenvalue weighted by molar-refractivity contribution is 5.97. The van der Waals surface area contributed by atoms with Crippen LogP contribution in [0.25, 0.3) is 10.9 Å². The van der Waals surface area contributed by atoms with Gasteiger partial charge in [-0.25, -0.2) is 0 Å². The van der Waals surface area contributed by atoms with Crippen LogP contribution in [-0.2, 0) is 18.4 Å². The van der Waals surface area contributed by atoms with Crippen LogP contribution in [0.1, 0.15) is 39.5 Å². The first kappa shape index (κ1) is 15.2. The van der Waals surface area contributed by atoms with Crippen LogP contribution in [-0.4, -0.2) is 17.0 Å².